The molecule has 0 unspecified atom stereocenters. The van der Waals surface area contributed by atoms with Crippen LogP contribution in [0.15, 0.2) is 58.0 Å². The van der Waals surface area contributed by atoms with Gasteiger partial charge in [-0.05, 0) is 17.0 Å². The summed E-state index contributed by atoms with van der Waals surface area (Å²) in [4.78, 5) is 36.0. The summed E-state index contributed by atoms with van der Waals surface area (Å²) in [5.74, 6) is 1.49. The predicted molar refractivity (Wildman–Crippen MR) is 123 cm³/mol. The van der Waals surface area contributed by atoms with Gasteiger partial charge in [0.25, 0.3) is 5.56 Å². The maximum absolute atomic E-state index is 12.6. The van der Waals surface area contributed by atoms with E-state index in [4.69, 9.17) is 0 Å². The van der Waals surface area contributed by atoms with Crippen molar-refractivity contribution in [3.8, 4) is 10.4 Å². The lowest BCUT2D eigenvalue weighted by Crippen LogP contribution is -2.27. The Balaban J connectivity index is 1.39. The quantitative estimate of drug-likeness (QED) is 0.455. The lowest BCUT2D eigenvalue weighted by Gasteiger charge is -2.17. The maximum atomic E-state index is 12.6. The minimum Gasteiger partial charge on any atom is -0.341 e. The van der Waals surface area contributed by atoms with Crippen molar-refractivity contribution < 1.29 is 4.79 Å². The zero-order valence-corrected chi connectivity index (χ0v) is 18.2. The molecule has 0 aliphatic carbocycles. The summed E-state index contributed by atoms with van der Waals surface area (Å²) in [6.07, 6.45) is 0. The molecule has 5 nitrogen and oxygen atoms in total. The number of carbonyl (C=O) groups excluding carboxylic acids is 1. The van der Waals surface area contributed by atoms with E-state index >= 15 is 0 Å². The summed E-state index contributed by atoms with van der Waals surface area (Å²) < 4.78 is 0. The van der Waals surface area contributed by atoms with E-state index < -0.39 is 0 Å². The van der Waals surface area contributed by atoms with Gasteiger partial charge in [-0.1, -0.05) is 36.4 Å². The fourth-order valence-corrected chi connectivity index (χ4v) is 5.57. The van der Waals surface area contributed by atoms with E-state index in [9.17, 15) is 9.59 Å². The second-order valence-electron chi connectivity index (χ2n) is 6.55. The molecule has 1 aromatic carbocycles. The first kappa shape index (κ1) is 19.9. The summed E-state index contributed by atoms with van der Waals surface area (Å²) in [7, 11) is 1.81. The van der Waals surface area contributed by atoms with Gasteiger partial charge < -0.3 is 9.88 Å². The van der Waals surface area contributed by atoms with Crippen LogP contribution < -0.4 is 5.56 Å². The molecule has 0 saturated heterocycles. The monoisotopic (exact) mass is 441 g/mol. The molecular formula is C21H19N3O2S3. The van der Waals surface area contributed by atoms with Crippen LogP contribution in [-0.4, -0.2) is 33.6 Å². The molecule has 0 aliphatic heterocycles. The van der Waals surface area contributed by atoms with Gasteiger partial charge in [0.1, 0.15) is 10.7 Å². The molecule has 0 fully saturated rings. The molecule has 1 amide bonds. The molecule has 0 bridgehead atoms. The van der Waals surface area contributed by atoms with Crippen LogP contribution in [0.4, 0.5) is 0 Å². The van der Waals surface area contributed by atoms with Gasteiger partial charge in [-0.25, -0.2) is 4.98 Å². The molecule has 0 radical (unpaired) electrons. The van der Waals surface area contributed by atoms with E-state index in [1.807, 2.05) is 53.2 Å². The van der Waals surface area contributed by atoms with Crippen molar-refractivity contribution in [3.63, 3.8) is 0 Å². The number of nitrogens with one attached hydrogen (secondary N) is 1. The number of hydrogen-bond donors (Lipinski definition) is 1. The van der Waals surface area contributed by atoms with Gasteiger partial charge in [0.2, 0.25) is 5.91 Å². The van der Waals surface area contributed by atoms with Crippen molar-refractivity contribution in [3.05, 3.63) is 75.0 Å². The Kier molecular flexibility index (Phi) is 6.13. The van der Waals surface area contributed by atoms with Crippen molar-refractivity contribution in [2.24, 2.45) is 0 Å². The topological polar surface area (TPSA) is 66.1 Å². The lowest BCUT2D eigenvalue weighted by atomic mass is 10.2. The normalized spacial score (nSPS) is 11.1. The third-order valence-corrected chi connectivity index (χ3v) is 7.14. The Bertz CT molecular complexity index is 1170. The molecule has 148 valence electrons. The summed E-state index contributed by atoms with van der Waals surface area (Å²) >= 11 is 4.54. The molecule has 0 spiro atoms. The van der Waals surface area contributed by atoms with Crippen LogP contribution >= 0.6 is 34.4 Å². The smallest absolute Gasteiger partial charge is 0.260 e. The number of rotatable bonds is 7. The summed E-state index contributed by atoms with van der Waals surface area (Å²) in [6, 6.07) is 13.9. The minimum absolute atomic E-state index is 0.0541. The summed E-state index contributed by atoms with van der Waals surface area (Å²) in [5, 5.41) is 4.62. The van der Waals surface area contributed by atoms with Gasteiger partial charge in [-0.15, -0.1) is 34.4 Å². The van der Waals surface area contributed by atoms with Gasteiger partial charge in [-0.3, -0.25) is 9.59 Å². The highest BCUT2D eigenvalue weighted by Gasteiger charge is 2.14. The van der Waals surface area contributed by atoms with Gasteiger partial charge in [0.05, 0.1) is 16.9 Å². The SMILES string of the molecule is CN(Cc1ccccc1)C(=O)CSCc1nc2scc(-c3cccs3)c2c(=O)[nH]1. The van der Waals surface area contributed by atoms with Gasteiger partial charge in [0.15, 0.2) is 0 Å². The standard InChI is InChI=1S/C21H19N3O2S3/c1-24(10-14-6-3-2-4-7-14)18(25)13-27-12-17-22-20(26)19-15(11-29-21(19)23-17)16-8-5-9-28-16/h2-9,11H,10,12-13H2,1H3,(H,22,23,26). The minimum atomic E-state index is -0.122. The first-order valence-corrected chi connectivity index (χ1v) is 11.9. The zero-order valence-electron chi connectivity index (χ0n) is 15.8. The van der Waals surface area contributed by atoms with E-state index in [1.54, 1.807) is 23.3 Å². The van der Waals surface area contributed by atoms with E-state index in [0.717, 1.165) is 20.8 Å². The average molecular weight is 442 g/mol. The largest absolute Gasteiger partial charge is 0.341 e. The molecular weight excluding hydrogens is 422 g/mol. The molecule has 8 heteroatoms. The van der Waals surface area contributed by atoms with E-state index in [0.29, 0.717) is 29.3 Å². The zero-order chi connectivity index (χ0) is 20.2. The Morgan fingerprint density at radius 1 is 1.17 bits per heavy atom. The Morgan fingerprint density at radius 3 is 2.76 bits per heavy atom. The van der Waals surface area contributed by atoms with Gasteiger partial charge in [-0.2, -0.15) is 0 Å². The Morgan fingerprint density at radius 2 is 2.00 bits per heavy atom. The van der Waals surface area contributed by atoms with Crippen LogP contribution in [0.3, 0.4) is 0 Å². The van der Waals surface area contributed by atoms with Crippen molar-refractivity contribution in [1.82, 2.24) is 14.9 Å². The number of fused-ring (bicyclic) bond motifs is 1. The van der Waals surface area contributed by atoms with Crippen LogP contribution in [-0.2, 0) is 17.1 Å². The number of carbonyl (C=O) groups is 1. The number of aromatic amines is 1. The predicted octanol–water partition coefficient (Wildman–Crippen LogP) is 4.60. The van der Waals surface area contributed by atoms with Crippen molar-refractivity contribution in [2.45, 2.75) is 12.3 Å². The average Bonchev–Trinajstić information content (AvgIpc) is 3.38. The summed E-state index contributed by atoms with van der Waals surface area (Å²) in [6.45, 7) is 0.585. The maximum Gasteiger partial charge on any atom is 0.260 e. The lowest BCUT2D eigenvalue weighted by molar-refractivity contribution is -0.127. The molecule has 3 heterocycles. The number of hydrogen-bond acceptors (Lipinski definition) is 6. The third kappa shape index (κ3) is 4.60. The molecule has 0 atom stereocenters. The van der Waals surface area contributed by atoms with Crippen molar-refractivity contribution in [1.29, 1.82) is 0 Å². The highest BCUT2D eigenvalue weighted by atomic mass is 32.2. The van der Waals surface area contributed by atoms with Crippen LogP contribution in [0.5, 0.6) is 0 Å². The number of aromatic nitrogens is 2. The number of nitrogens with zero attached hydrogens (tertiary/aromatic N) is 2. The number of thioether (sulfide) groups is 1. The fraction of sp³-hybridized carbons (Fsp3) is 0.190. The fourth-order valence-electron chi connectivity index (χ4n) is 2.97. The number of thiophene rings is 2. The highest BCUT2D eigenvalue weighted by Crippen LogP contribution is 2.33. The van der Waals surface area contributed by atoms with Crippen LogP contribution in [0.1, 0.15) is 11.4 Å². The third-order valence-electron chi connectivity index (χ3n) is 4.43. The van der Waals surface area contributed by atoms with Crippen LogP contribution in [0.2, 0.25) is 0 Å². The Hall–Kier alpha value is -2.42. The molecule has 0 aliphatic rings. The van der Waals surface area contributed by atoms with E-state index in [-0.39, 0.29) is 11.5 Å². The first-order valence-electron chi connectivity index (χ1n) is 9.01. The highest BCUT2D eigenvalue weighted by molar-refractivity contribution is 7.99. The Labute approximate surface area is 180 Å². The number of H-pyrrole nitrogens is 1. The van der Waals surface area contributed by atoms with E-state index in [2.05, 4.69) is 9.97 Å². The second kappa shape index (κ2) is 8.94. The van der Waals surface area contributed by atoms with E-state index in [1.165, 1.54) is 23.1 Å². The molecule has 1 N–H and O–H groups in total. The molecule has 4 aromatic rings. The summed E-state index contributed by atoms with van der Waals surface area (Å²) in [5.41, 5.74) is 1.91. The van der Waals surface area contributed by atoms with Gasteiger partial charge >= 0.3 is 0 Å². The molecule has 3 aromatic heterocycles. The number of benzene rings is 1. The molecule has 29 heavy (non-hydrogen) atoms. The molecule has 0 saturated carbocycles. The second-order valence-corrected chi connectivity index (χ2v) is 9.34. The molecule has 4 rings (SSSR count). The van der Waals surface area contributed by atoms with Crippen LogP contribution in [0, 0.1) is 0 Å². The van der Waals surface area contributed by atoms with Crippen molar-refractivity contribution in [2.75, 3.05) is 12.8 Å². The van der Waals surface area contributed by atoms with Crippen molar-refractivity contribution >= 4 is 50.6 Å². The van der Waals surface area contributed by atoms with Crippen LogP contribution in [0.25, 0.3) is 20.7 Å². The first-order chi connectivity index (χ1) is 14.1. The number of amides is 1. The van der Waals surface area contributed by atoms with Gasteiger partial charge in [0, 0.05) is 29.4 Å².